The number of carbonyl (C=O) groups excluding carboxylic acids is 2. The van der Waals surface area contributed by atoms with Gasteiger partial charge in [0.05, 0.1) is 22.7 Å². The number of amides is 2. The van der Waals surface area contributed by atoms with Crippen molar-refractivity contribution < 1.29 is 9.59 Å². The molecule has 0 fully saturated rings. The average Bonchev–Trinajstić information content (AvgIpc) is 2.67. The standard InChI is InChI=1S/C19H16N4O3S/c20-18(26)13-8-4-5-9-14(13)21-17(25)11-27-19-22-15(10-16(24)23-19)12-6-2-1-3-7-12/h1-10H,11H2,(H2,20,26)(H,21,25)(H,22,23,24). The van der Waals surface area contributed by atoms with Gasteiger partial charge >= 0.3 is 0 Å². The third-order valence-electron chi connectivity index (χ3n) is 3.60. The molecule has 0 unspecified atom stereocenters. The first kappa shape index (κ1) is 18.4. The number of hydrogen-bond donors (Lipinski definition) is 3. The van der Waals surface area contributed by atoms with E-state index in [1.54, 1.807) is 18.2 Å². The zero-order valence-corrected chi connectivity index (χ0v) is 15.0. The minimum Gasteiger partial charge on any atom is -0.366 e. The Morgan fingerprint density at radius 1 is 1.07 bits per heavy atom. The van der Waals surface area contributed by atoms with E-state index in [0.29, 0.717) is 16.5 Å². The summed E-state index contributed by atoms with van der Waals surface area (Å²) in [5.74, 6) is -0.963. The van der Waals surface area contributed by atoms with Crippen molar-refractivity contribution in [1.29, 1.82) is 0 Å². The molecule has 27 heavy (non-hydrogen) atoms. The van der Waals surface area contributed by atoms with Gasteiger partial charge in [0, 0.05) is 11.6 Å². The fourth-order valence-electron chi connectivity index (χ4n) is 2.39. The van der Waals surface area contributed by atoms with E-state index in [0.717, 1.165) is 17.3 Å². The lowest BCUT2D eigenvalue weighted by Crippen LogP contribution is -2.19. The molecule has 3 rings (SSSR count). The first-order valence-corrected chi connectivity index (χ1v) is 9.00. The third kappa shape index (κ3) is 4.83. The SMILES string of the molecule is NC(=O)c1ccccc1NC(=O)CSc1nc(-c2ccccc2)cc(=O)[nH]1. The van der Waals surface area contributed by atoms with Crippen LogP contribution in [0.4, 0.5) is 5.69 Å². The maximum Gasteiger partial charge on any atom is 0.252 e. The Hall–Kier alpha value is -3.39. The van der Waals surface area contributed by atoms with Crippen molar-refractivity contribution in [2.75, 3.05) is 11.1 Å². The lowest BCUT2D eigenvalue weighted by molar-refractivity contribution is -0.113. The summed E-state index contributed by atoms with van der Waals surface area (Å²) in [6, 6.07) is 17.2. The molecule has 0 atom stereocenters. The largest absolute Gasteiger partial charge is 0.366 e. The molecule has 0 bridgehead atoms. The summed E-state index contributed by atoms with van der Waals surface area (Å²) in [6.07, 6.45) is 0. The van der Waals surface area contributed by atoms with Crippen molar-refractivity contribution in [2.45, 2.75) is 5.16 Å². The summed E-state index contributed by atoms with van der Waals surface area (Å²) in [5, 5.41) is 2.98. The molecular weight excluding hydrogens is 364 g/mol. The smallest absolute Gasteiger partial charge is 0.252 e. The number of H-pyrrole nitrogens is 1. The molecule has 7 nitrogen and oxygen atoms in total. The van der Waals surface area contributed by atoms with E-state index in [-0.39, 0.29) is 22.8 Å². The maximum atomic E-state index is 12.2. The number of benzene rings is 2. The second-order valence-electron chi connectivity index (χ2n) is 5.55. The van der Waals surface area contributed by atoms with Crippen LogP contribution in [-0.2, 0) is 4.79 Å². The van der Waals surface area contributed by atoms with E-state index >= 15 is 0 Å². The van der Waals surface area contributed by atoms with Crippen molar-refractivity contribution in [3.05, 3.63) is 76.6 Å². The van der Waals surface area contributed by atoms with Gasteiger partial charge in [0.2, 0.25) is 5.91 Å². The monoisotopic (exact) mass is 380 g/mol. The number of thioether (sulfide) groups is 1. The van der Waals surface area contributed by atoms with Gasteiger partial charge in [-0.3, -0.25) is 14.4 Å². The highest BCUT2D eigenvalue weighted by molar-refractivity contribution is 7.99. The Morgan fingerprint density at radius 3 is 2.52 bits per heavy atom. The van der Waals surface area contributed by atoms with Crippen molar-refractivity contribution in [2.24, 2.45) is 5.73 Å². The maximum absolute atomic E-state index is 12.2. The van der Waals surface area contributed by atoms with Crippen LogP contribution >= 0.6 is 11.8 Å². The van der Waals surface area contributed by atoms with Gasteiger partial charge in [-0.2, -0.15) is 0 Å². The zero-order chi connectivity index (χ0) is 19.2. The molecule has 4 N–H and O–H groups in total. The van der Waals surface area contributed by atoms with E-state index in [9.17, 15) is 14.4 Å². The van der Waals surface area contributed by atoms with Crippen LogP contribution < -0.4 is 16.6 Å². The summed E-state index contributed by atoms with van der Waals surface area (Å²) >= 11 is 1.09. The zero-order valence-electron chi connectivity index (χ0n) is 14.1. The normalized spacial score (nSPS) is 10.4. The van der Waals surface area contributed by atoms with Gasteiger partial charge in [-0.15, -0.1) is 0 Å². The summed E-state index contributed by atoms with van der Waals surface area (Å²) in [4.78, 5) is 42.5. The van der Waals surface area contributed by atoms with Gasteiger partial charge < -0.3 is 16.0 Å². The number of carbonyl (C=O) groups is 2. The number of nitrogens with zero attached hydrogens (tertiary/aromatic N) is 1. The Bertz CT molecular complexity index is 1030. The average molecular weight is 380 g/mol. The summed E-state index contributed by atoms with van der Waals surface area (Å²) in [7, 11) is 0. The van der Waals surface area contributed by atoms with E-state index in [2.05, 4.69) is 15.3 Å². The predicted molar refractivity (Wildman–Crippen MR) is 105 cm³/mol. The number of nitrogens with one attached hydrogen (secondary N) is 2. The highest BCUT2D eigenvalue weighted by Gasteiger charge is 2.12. The highest BCUT2D eigenvalue weighted by Crippen LogP contribution is 2.19. The Morgan fingerprint density at radius 2 is 1.78 bits per heavy atom. The number of anilines is 1. The minimum atomic E-state index is -0.625. The van der Waals surface area contributed by atoms with Crippen molar-refractivity contribution in [3.8, 4) is 11.3 Å². The van der Waals surface area contributed by atoms with Gasteiger partial charge in [-0.1, -0.05) is 54.2 Å². The molecule has 0 saturated heterocycles. The molecule has 1 heterocycles. The molecule has 0 aliphatic rings. The second-order valence-corrected chi connectivity index (χ2v) is 6.51. The molecule has 1 aromatic heterocycles. The molecule has 0 spiro atoms. The van der Waals surface area contributed by atoms with Crippen LogP contribution in [0.15, 0.2) is 70.6 Å². The number of aromatic amines is 1. The summed E-state index contributed by atoms with van der Waals surface area (Å²) in [6.45, 7) is 0. The first-order chi connectivity index (χ1) is 13.0. The molecule has 8 heteroatoms. The highest BCUT2D eigenvalue weighted by atomic mass is 32.2. The van der Waals surface area contributed by atoms with E-state index in [4.69, 9.17) is 5.73 Å². The Balaban J connectivity index is 1.70. The molecule has 0 aliphatic carbocycles. The van der Waals surface area contributed by atoms with Gasteiger partial charge in [0.1, 0.15) is 0 Å². The molecule has 0 radical (unpaired) electrons. The van der Waals surface area contributed by atoms with Gasteiger partial charge in [-0.25, -0.2) is 4.98 Å². The van der Waals surface area contributed by atoms with Gasteiger partial charge in [0.15, 0.2) is 5.16 Å². The number of rotatable bonds is 6. The fraction of sp³-hybridized carbons (Fsp3) is 0.0526. The van der Waals surface area contributed by atoms with Crippen LogP contribution in [0, 0.1) is 0 Å². The van der Waals surface area contributed by atoms with Crippen LogP contribution in [0.25, 0.3) is 11.3 Å². The molecule has 0 saturated carbocycles. The quantitative estimate of drug-likeness (QED) is 0.448. The van der Waals surface area contributed by atoms with E-state index in [1.165, 1.54) is 12.1 Å². The second kappa shape index (κ2) is 8.33. The molecular formula is C19H16N4O3S. The number of nitrogens with two attached hydrogens (primary N) is 1. The first-order valence-electron chi connectivity index (χ1n) is 8.01. The number of para-hydroxylation sites is 1. The molecule has 2 amide bonds. The third-order valence-corrected chi connectivity index (χ3v) is 4.47. The van der Waals surface area contributed by atoms with Crippen LogP contribution in [0.5, 0.6) is 0 Å². The molecule has 136 valence electrons. The van der Waals surface area contributed by atoms with Crippen molar-refractivity contribution >= 4 is 29.3 Å². The molecule has 3 aromatic rings. The molecule has 2 aromatic carbocycles. The van der Waals surface area contributed by atoms with E-state index in [1.807, 2.05) is 30.3 Å². The summed E-state index contributed by atoms with van der Waals surface area (Å²) in [5.41, 5.74) is 6.91. The van der Waals surface area contributed by atoms with Crippen molar-refractivity contribution in [3.63, 3.8) is 0 Å². The fourth-order valence-corrected chi connectivity index (χ4v) is 3.06. The lowest BCUT2D eigenvalue weighted by atomic mass is 10.1. The predicted octanol–water partition coefficient (Wildman–Crippen LogP) is 2.27. The number of aromatic nitrogens is 2. The number of hydrogen-bond acceptors (Lipinski definition) is 5. The van der Waals surface area contributed by atoms with Gasteiger partial charge in [-0.05, 0) is 12.1 Å². The van der Waals surface area contributed by atoms with Crippen LogP contribution in [0.2, 0.25) is 0 Å². The van der Waals surface area contributed by atoms with Crippen LogP contribution in [0.3, 0.4) is 0 Å². The van der Waals surface area contributed by atoms with Crippen LogP contribution in [-0.4, -0.2) is 27.5 Å². The van der Waals surface area contributed by atoms with Crippen LogP contribution in [0.1, 0.15) is 10.4 Å². The molecule has 0 aliphatic heterocycles. The number of primary amides is 1. The topological polar surface area (TPSA) is 118 Å². The Labute approximate surface area is 159 Å². The summed E-state index contributed by atoms with van der Waals surface area (Å²) < 4.78 is 0. The van der Waals surface area contributed by atoms with E-state index < -0.39 is 5.91 Å². The van der Waals surface area contributed by atoms with Gasteiger partial charge in [0.25, 0.3) is 11.5 Å². The minimum absolute atomic E-state index is 0.00821. The lowest BCUT2D eigenvalue weighted by Gasteiger charge is -2.08. The Kier molecular flexibility index (Phi) is 5.68. The van der Waals surface area contributed by atoms with Crippen molar-refractivity contribution in [1.82, 2.24) is 9.97 Å².